The molecule has 0 spiro atoms. The highest BCUT2D eigenvalue weighted by atomic mass is 32.2. The fraction of sp³-hybridized carbons (Fsp3) is 0.455. The monoisotopic (exact) mass is 257 g/mol. The molecule has 1 rings (SSSR count). The Bertz CT molecular complexity index is 384. The normalized spacial score (nSPS) is 10.5. The summed E-state index contributed by atoms with van der Waals surface area (Å²) in [4.78, 5) is 11.2. The second-order valence-electron chi connectivity index (χ2n) is 3.35. The Kier molecular flexibility index (Phi) is 5.96. The van der Waals surface area contributed by atoms with Gasteiger partial charge in [-0.15, -0.1) is 11.8 Å². The molecule has 0 aliphatic rings. The second kappa shape index (κ2) is 7.26. The van der Waals surface area contributed by atoms with Gasteiger partial charge in [-0.25, -0.2) is 0 Å². The van der Waals surface area contributed by atoms with Gasteiger partial charge in [-0.05, 0) is 24.8 Å². The van der Waals surface area contributed by atoms with Crippen molar-refractivity contribution in [2.75, 3.05) is 19.5 Å². The Morgan fingerprint density at radius 2 is 2.29 bits per heavy atom. The van der Waals surface area contributed by atoms with Crippen LogP contribution < -0.4 is 0 Å². The molecule has 0 heterocycles. The van der Waals surface area contributed by atoms with Crippen LogP contribution in [-0.2, 0) is 11.3 Å². The lowest BCUT2D eigenvalue weighted by Gasteiger charge is -2.06. The molecule has 0 bridgehead atoms. The van der Waals surface area contributed by atoms with E-state index in [1.165, 1.54) is 11.8 Å². The molecule has 0 aliphatic heterocycles. The van der Waals surface area contributed by atoms with Crippen molar-refractivity contribution in [2.24, 2.45) is 0 Å². The van der Waals surface area contributed by atoms with E-state index in [1.807, 2.05) is 0 Å². The van der Waals surface area contributed by atoms with Crippen LogP contribution in [0.25, 0.3) is 0 Å². The number of nitro groups is 1. The number of thioether (sulfide) groups is 1. The third kappa shape index (κ3) is 3.99. The van der Waals surface area contributed by atoms with E-state index in [9.17, 15) is 10.1 Å². The molecule has 0 aromatic heterocycles. The van der Waals surface area contributed by atoms with E-state index in [2.05, 4.69) is 0 Å². The molecule has 0 aliphatic carbocycles. The summed E-state index contributed by atoms with van der Waals surface area (Å²) >= 11 is 1.34. The van der Waals surface area contributed by atoms with Crippen molar-refractivity contribution in [2.45, 2.75) is 17.9 Å². The molecule has 0 radical (unpaired) electrons. The minimum absolute atomic E-state index is 0.0624. The zero-order valence-corrected chi connectivity index (χ0v) is 10.4. The van der Waals surface area contributed by atoms with Crippen LogP contribution in [0.2, 0.25) is 0 Å². The topological polar surface area (TPSA) is 72.6 Å². The van der Waals surface area contributed by atoms with Crippen LogP contribution in [0.4, 0.5) is 5.69 Å². The van der Waals surface area contributed by atoms with Gasteiger partial charge in [0.2, 0.25) is 0 Å². The maximum absolute atomic E-state index is 11.0. The maximum atomic E-state index is 11.0. The number of aliphatic hydroxyl groups is 1. The van der Waals surface area contributed by atoms with Crippen LogP contribution in [-0.4, -0.2) is 29.5 Å². The van der Waals surface area contributed by atoms with Crippen LogP contribution in [0.15, 0.2) is 23.1 Å². The highest BCUT2D eigenvalue weighted by molar-refractivity contribution is 7.98. The van der Waals surface area contributed by atoms with Gasteiger partial charge in [-0.3, -0.25) is 10.1 Å². The van der Waals surface area contributed by atoms with Crippen molar-refractivity contribution in [1.82, 2.24) is 0 Å². The van der Waals surface area contributed by atoms with Crippen LogP contribution >= 0.6 is 11.8 Å². The van der Waals surface area contributed by atoms with Crippen molar-refractivity contribution in [3.63, 3.8) is 0 Å². The Hall–Kier alpha value is -1.11. The number of ether oxygens (including phenoxy) is 1. The molecule has 0 fully saturated rings. The van der Waals surface area contributed by atoms with Gasteiger partial charge < -0.3 is 9.84 Å². The number of aliphatic hydroxyl groups excluding tert-OH is 1. The predicted octanol–water partition coefficient (Wildman–Crippen LogP) is 2.22. The average Bonchev–Trinajstić information content (AvgIpc) is 2.33. The molecule has 94 valence electrons. The summed E-state index contributed by atoms with van der Waals surface area (Å²) in [6.45, 7) is 0.662. The lowest BCUT2D eigenvalue weighted by Crippen LogP contribution is -2.02. The average molecular weight is 257 g/mol. The van der Waals surface area contributed by atoms with Crippen molar-refractivity contribution in [1.29, 1.82) is 0 Å². The summed E-state index contributed by atoms with van der Waals surface area (Å²) < 4.78 is 5.28. The van der Waals surface area contributed by atoms with Crippen molar-refractivity contribution in [3.8, 4) is 0 Å². The first-order chi connectivity index (χ1) is 8.20. The molecule has 6 heteroatoms. The largest absolute Gasteiger partial charge is 0.396 e. The zero-order valence-electron chi connectivity index (χ0n) is 9.59. The zero-order chi connectivity index (χ0) is 12.7. The van der Waals surface area contributed by atoms with Crippen LogP contribution in [0.1, 0.15) is 12.0 Å². The van der Waals surface area contributed by atoms with Gasteiger partial charge >= 0.3 is 0 Å². The van der Waals surface area contributed by atoms with E-state index < -0.39 is 0 Å². The van der Waals surface area contributed by atoms with E-state index in [-0.39, 0.29) is 23.8 Å². The molecule has 0 atom stereocenters. The van der Waals surface area contributed by atoms with Gasteiger partial charge in [0.25, 0.3) is 5.69 Å². The number of benzene rings is 1. The summed E-state index contributed by atoms with van der Waals surface area (Å²) in [5.74, 6) is 0. The Balaban J connectivity index is 2.79. The third-order valence-electron chi connectivity index (χ3n) is 2.19. The molecule has 0 saturated carbocycles. The van der Waals surface area contributed by atoms with Crippen LogP contribution in [0.3, 0.4) is 0 Å². The number of nitro benzene ring substituents is 1. The van der Waals surface area contributed by atoms with E-state index in [4.69, 9.17) is 9.84 Å². The van der Waals surface area contributed by atoms with Crippen LogP contribution in [0, 0.1) is 10.1 Å². The first kappa shape index (κ1) is 14.0. The number of para-hydroxylation sites is 1. The Labute approximate surface area is 104 Å². The van der Waals surface area contributed by atoms with E-state index >= 15 is 0 Å². The van der Waals surface area contributed by atoms with Crippen LogP contribution in [0.5, 0.6) is 0 Å². The number of hydrogen-bond acceptors (Lipinski definition) is 5. The van der Waals surface area contributed by atoms with Crippen molar-refractivity contribution >= 4 is 17.4 Å². The number of hydrogen-bond donors (Lipinski definition) is 1. The molecule has 0 saturated heterocycles. The van der Waals surface area contributed by atoms with Crippen molar-refractivity contribution in [3.05, 3.63) is 33.9 Å². The second-order valence-corrected chi connectivity index (χ2v) is 4.20. The lowest BCUT2D eigenvalue weighted by atomic mass is 10.2. The molecular formula is C11H15NO4S. The molecule has 0 amide bonds. The Morgan fingerprint density at radius 3 is 2.88 bits per heavy atom. The fourth-order valence-corrected chi connectivity index (χ4v) is 2.02. The molecule has 1 aromatic rings. The predicted molar refractivity (Wildman–Crippen MR) is 66.2 cm³/mol. The van der Waals surface area contributed by atoms with Gasteiger partial charge in [0.05, 0.1) is 22.0 Å². The minimum Gasteiger partial charge on any atom is -0.396 e. The highest BCUT2D eigenvalue weighted by Crippen LogP contribution is 2.31. The lowest BCUT2D eigenvalue weighted by molar-refractivity contribution is -0.388. The molecule has 1 aromatic carbocycles. The fourth-order valence-electron chi connectivity index (χ4n) is 1.40. The quantitative estimate of drug-likeness (QED) is 0.351. The summed E-state index contributed by atoms with van der Waals surface area (Å²) in [5, 5.41) is 19.6. The molecule has 5 nitrogen and oxygen atoms in total. The maximum Gasteiger partial charge on any atom is 0.288 e. The van der Waals surface area contributed by atoms with E-state index in [0.717, 1.165) is 0 Å². The third-order valence-corrected chi connectivity index (χ3v) is 2.96. The summed E-state index contributed by atoms with van der Waals surface area (Å²) in [5.41, 5.74) is 0.684. The number of nitrogens with zero attached hydrogens (tertiary/aromatic N) is 1. The van der Waals surface area contributed by atoms with Crippen molar-refractivity contribution < 1.29 is 14.8 Å². The molecule has 1 N–H and O–H groups in total. The standard InChI is InChI=1S/C11H15NO4S/c1-17-10-5-2-4-9(11(10)12(14)15)8-16-7-3-6-13/h2,4-5,13H,3,6-8H2,1H3. The SMILES string of the molecule is CSc1cccc(COCCCO)c1[N+](=O)[O-]. The minimum atomic E-state index is -0.378. The smallest absolute Gasteiger partial charge is 0.288 e. The first-order valence-electron chi connectivity index (χ1n) is 5.19. The van der Waals surface area contributed by atoms with E-state index in [0.29, 0.717) is 23.5 Å². The van der Waals surface area contributed by atoms with Gasteiger partial charge in [0.15, 0.2) is 0 Å². The highest BCUT2D eigenvalue weighted by Gasteiger charge is 2.18. The molecular weight excluding hydrogens is 242 g/mol. The summed E-state index contributed by atoms with van der Waals surface area (Å²) in [6.07, 6.45) is 2.34. The molecule has 17 heavy (non-hydrogen) atoms. The summed E-state index contributed by atoms with van der Waals surface area (Å²) in [7, 11) is 0. The van der Waals surface area contributed by atoms with Gasteiger partial charge in [0.1, 0.15) is 0 Å². The van der Waals surface area contributed by atoms with Gasteiger partial charge in [0, 0.05) is 13.2 Å². The van der Waals surface area contributed by atoms with E-state index in [1.54, 1.807) is 24.5 Å². The van der Waals surface area contributed by atoms with Gasteiger partial charge in [-0.2, -0.15) is 0 Å². The molecule has 0 unspecified atom stereocenters. The Morgan fingerprint density at radius 1 is 1.53 bits per heavy atom. The number of rotatable bonds is 7. The summed E-state index contributed by atoms with van der Waals surface area (Å²) in [6, 6.07) is 5.19. The first-order valence-corrected chi connectivity index (χ1v) is 6.42. The van der Waals surface area contributed by atoms with Gasteiger partial charge in [-0.1, -0.05) is 6.07 Å².